The largest absolute Gasteiger partial charge is 0.368 e. The predicted octanol–water partition coefficient (Wildman–Crippen LogP) is 0.655. The van der Waals surface area contributed by atoms with Crippen molar-refractivity contribution in [3.8, 4) is 0 Å². The highest BCUT2D eigenvalue weighted by Crippen LogP contribution is 2.30. The van der Waals surface area contributed by atoms with Gasteiger partial charge >= 0.3 is 0 Å². The van der Waals surface area contributed by atoms with Gasteiger partial charge in [-0.15, -0.1) is 5.10 Å². The molecule has 0 aromatic carbocycles. The molecule has 4 heterocycles. The number of aromatic amines is 1. The molecule has 0 aliphatic carbocycles. The molecule has 1 saturated heterocycles. The third kappa shape index (κ3) is 1.94. The lowest BCUT2D eigenvalue weighted by atomic mass is 10.00. The Morgan fingerprint density at radius 3 is 3.30 bits per heavy atom. The Balaban J connectivity index is 1.48. The van der Waals surface area contributed by atoms with Crippen molar-refractivity contribution in [2.75, 3.05) is 13.1 Å². The third-order valence-corrected chi connectivity index (χ3v) is 4.32. The minimum atomic E-state index is 0.206. The van der Waals surface area contributed by atoms with E-state index in [4.69, 9.17) is 4.74 Å². The van der Waals surface area contributed by atoms with Crippen LogP contribution in [0.5, 0.6) is 0 Å². The lowest BCUT2D eigenvalue weighted by molar-refractivity contribution is -0.0706. The fourth-order valence-electron chi connectivity index (χ4n) is 3.15. The Morgan fingerprint density at radius 1 is 1.50 bits per heavy atom. The highest BCUT2D eigenvalue weighted by molar-refractivity contribution is 5.09. The summed E-state index contributed by atoms with van der Waals surface area (Å²) in [5.41, 5.74) is 3.36. The van der Waals surface area contributed by atoms with Crippen molar-refractivity contribution in [1.29, 1.82) is 0 Å². The third-order valence-electron chi connectivity index (χ3n) is 4.32. The molecule has 2 aliphatic rings. The summed E-state index contributed by atoms with van der Waals surface area (Å²) in [5, 5.41) is 8.20. The second kappa shape index (κ2) is 4.68. The van der Waals surface area contributed by atoms with Gasteiger partial charge < -0.3 is 9.72 Å². The molecular weight excluding hydrogens is 256 g/mol. The Hall–Kier alpha value is -1.73. The number of aryl methyl sites for hydroxylation is 1. The average molecular weight is 274 g/mol. The molecule has 1 fully saturated rings. The molecule has 4 rings (SSSR count). The standard InChI is InChI=1S/C13H18N6O/c1-9-11(15-8-14-9)5-18-3-2-12-13(6-18)20-7-10-4-16-17-19(10)12/h4,8,12-13H,2-3,5-7H2,1H3,(H,14,15). The SMILES string of the molecule is Cc1[nH]cnc1CN1CCC2C(C1)OCc1cnnn12. The Morgan fingerprint density at radius 2 is 2.45 bits per heavy atom. The molecule has 7 heteroatoms. The van der Waals surface area contributed by atoms with Crippen molar-refractivity contribution < 1.29 is 4.74 Å². The number of nitrogens with zero attached hydrogens (tertiary/aromatic N) is 5. The van der Waals surface area contributed by atoms with Crippen molar-refractivity contribution in [2.45, 2.75) is 38.6 Å². The molecule has 2 atom stereocenters. The van der Waals surface area contributed by atoms with Crippen LogP contribution in [-0.4, -0.2) is 49.1 Å². The summed E-state index contributed by atoms with van der Waals surface area (Å²) in [6, 6.07) is 0.331. The van der Waals surface area contributed by atoms with Crippen LogP contribution in [0.1, 0.15) is 29.5 Å². The number of fused-ring (bicyclic) bond motifs is 3. The van der Waals surface area contributed by atoms with Gasteiger partial charge in [-0.1, -0.05) is 5.21 Å². The van der Waals surface area contributed by atoms with Gasteiger partial charge in [0.15, 0.2) is 0 Å². The summed E-state index contributed by atoms with van der Waals surface area (Å²) >= 11 is 0. The van der Waals surface area contributed by atoms with Crippen molar-refractivity contribution in [3.63, 3.8) is 0 Å². The number of imidazole rings is 1. The number of rotatable bonds is 2. The second-order valence-corrected chi connectivity index (χ2v) is 5.58. The van der Waals surface area contributed by atoms with Gasteiger partial charge in [0, 0.05) is 25.3 Å². The average Bonchev–Trinajstić information content (AvgIpc) is 3.08. The molecule has 0 spiro atoms. The van der Waals surface area contributed by atoms with E-state index in [1.54, 1.807) is 12.5 Å². The molecule has 1 N–H and O–H groups in total. The normalized spacial score (nSPS) is 26.2. The van der Waals surface area contributed by atoms with Crippen LogP contribution in [0.4, 0.5) is 0 Å². The maximum Gasteiger partial charge on any atom is 0.0932 e. The maximum atomic E-state index is 5.98. The van der Waals surface area contributed by atoms with E-state index in [0.717, 1.165) is 43.1 Å². The highest BCUT2D eigenvalue weighted by atomic mass is 16.5. The van der Waals surface area contributed by atoms with Gasteiger partial charge in [0.25, 0.3) is 0 Å². The zero-order chi connectivity index (χ0) is 13.5. The quantitative estimate of drug-likeness (QED) is 0.871. The van der Waals surface area contributed by atoms with E-state index in [1.807, 2.05) is 4.68 Å². The van der Waals surface area contributed by atoms with Crippen molar-refractivity contribution in [2.24, 2.45) is 0 Å². The molecule has 0 amide bonds. The van der Waals surface area contributed by atoms with E-state index in [9.17, 15) is 0 Å². The smallest absolute Gasteiger partial charge is 0.0932 e. The molecule has 20 heavy (non-hydrogen) atoms. The van der Waals surface area contributed by atoms with Gasteiger partial charge in [-0.2, -0.15) is 0 Å². The first-order valence-electron chi connectivity index (χ1n) is 7.03. The van der Waals surface area contributed by atoms with E-state index in [-0.39, 0.29) is 6.10 Å². The Kier molecular flexibility index (Phi) is 2.82. The molecule has 2 aliphatic heterocycles. The molecule has 0 saturated carbocycles. The number of hydrogen-bond donors (Lipinski definition) is 1. The lowest BCUT2D eigenvalue weighted by Gasteiger charge is -2.40. The lowest BCUT2D eigenvalue weighted by Crippen LogP contribution is -2.48. The first-order valence-corrected chi connectivity index (χ1v) is 7.03. The summed E-state index contributed by atoms with van der Waals surface area (Å²) in [4.78, 5) is 9.92. The topological polar surface area (TPSA) is 71.9 Å². The van der Waals surface area contributed by atoms with Crippen LogP contribution in [0.3, 0.4) is 0 Å². The first-order chi connectivity index (χ1) is 9.81. The zero-order valence-corrected chi connectivity index (χ0v) is 11.5. The van der Waals surface area contributed by atoms with Gasteiger partial charge in [0.05, 0.1) is 42.7 Å². The van der Waals surface area contributed by atoms with Crippen molar-refractivity contribution >= 4 is 0 Å². The van der Waals surface area contributed by atoms with Crippen LogP contribution < -0.4 is 0 Å². The predicted molar refractivity (Wildman–Crippen MR) is 70.9 cm³/mol. The number of piperidine rings is 1. The van der Waals surface area contributed by atoms with Gasteiger partial charge in [-0.05, 0) is 13.3 Å². The number of likely N-dealkylation sites (tertiary alicyclic amines) is 1. The highest BCUT2D eigenvalue weighted by Gasteiger charge is 2.36. The maximum absolute atomic E-state index is 5.98. The summed E-state index contributed by atoms with van der Waals surface area (Å²) in [5.74, 6) is 0. The van der Waals surface area contributed by atoms with E-state index in [0.29, 0.717) is 12.6 Å². The van der Waals surface area contributed by atoms with E-state index in [2.05, 4.69) is 32.1 Å². The van der Waals surface area contributed by atoms with Crippen LogP contribution in [0.25, 0.3) is 0 Å². The van der Waals surface area contributed by atoms with E-state index >= 15 is 0 Å². The summed E-state index contributed by atoms with van der Waals surface area (Å²) in [6.45, 7) is 5.52. The van der Waals surface area contributed by atoms with E-state index < -0.39 is 0 Å². The number of aromatic nitrogens is 5. The number of nitrogens with one attached hydrogen (secondary N) is 1. The summed E-state index contributed by atoms with van der Waals surface area (Å²) < 4.78 is 8.02. The fourth-order valence-corrected chi connectivity index (χ4v) is 3.15. The minimum Gasteiger partial charge on any atom is -0.368 e. The van der Waals surface area contributed by atoms with E-state index in [1.165, 1.54) is 0 Å². The summed E-state index contributed by atoms with van der Waals surface area (Å²) in [6.07, 6.45) is 4.81. The second-order valence-electron chi connectivity index (χ2n) is 5.58. The van der Waals surface area contributed by atoms with Crippen molar-refractivity contribution in [1.82, 2.24) is 29.9 Å². The van der Waals surface area contributed by atoms with Gasteiger partial charge in [0.2, 0.25) is 0 Å². The number of H-pyrrole nitrogens is 1. The van der Waals surface area contributed by atoms with Crippen molar-refractivity contribution in [3.05, 3.63) is 29.6 Å². The van der Waals surface area contributed by atoms with Gasteiger partial charge in [0.1, 0.15) is 0 Å². The monoisotopic (exact) mass is 274 g/mol. The molecular formula is C13H18N6O. The van der Waals surface area contributed by atoms with Crippen LogP contribution in [0, 0.1) is 6.92 Å². The van der Waals surface area contributed by atoms with Gasteiger partial charge in [-0.25, -0.2) is 9.67 Å². The number of ether oxygens (including phenoxy) is 1. The van der Waals surface area contributed by atoms with Crippen LogP contribution in [-0.2, 0) is 17.9 Å². The number of hydrogen-bond acceptors (Lipinski definition) is 5. The fraction of sp³-hybridized carbons (Fsp3) is 0.615. The van der Waals surface area contributed by atoms with Crippen LogP contribution >= 0.6 is 0 Å². The Bertz CT molecular complexity index is 606. The summed E-state index contributed by atoms with van der Waals surface area (Å²) in [7, 11) is 0. The molecule has 7 nitrogen and oxygen atoms in total. The molecule has 106 valence electrons. The minimum absolute atomic E-state index is 0.206. The van der Waals surface area contributed by atoms with Crippen LogP contribution in [0.15, 0.2) is 12.5 Å². The molecule has 2 aromatic heterocycles. The molecule has 2 aromatic rings. The zero-order valence-electron chi connectivity index (χ0n) is 11.5. The molecule has 0 bridgehead atoms. The molecule has 2 unspecified atom stereocenters. The Labute approximate surface area is 116 Å². The molecule has 0 radical (unpaired) electrons. The van der Waals surface area contributed by atoms with Gasteiger partial charge in [-0.3, -0.25) is 4.90 Å². The first kappa shape index (κ1) is 12.0. The van der Waals surface area contributed by atoms with Crippen LogP contribution in [0.2, 0.25) is 0 Å².